The molecule has 4 nitrogen and oxygen atoms in total. The van der Waals surface area contributed by atoms with Gasteiger partial charge >= 0.3 is 0 Å². The fourth-order valence-corrected chi connectivity index (χ4v) is 0.393. The second kappa shape index (κ2) is 1.40. The van der Waals surface area contributed by atoms with Crippen LogP contribution in [0, 0.1) is 0 Å². The summed E-state index contributed by atoms with van der Waals surface area (Å²) in [5.74, 6) is 0. The van der Waals surface area contributed by atoms with Crippen LogP contribution in [0.2, 0.25) is 0 Å². The predicted molar refractivity (Wildman–Crippen MR) is 23.7 cm³/mol. The molecule has 0 saturated heterocycles. The SMILES string of the molecule is CC1=CN(O)NN1. The van der Waals surface area contributed by atoms with Crippen molar-refractivity contribution in [3.8, 4) is 0 Å². The van der Waals surface area contributed by atoms with Crippen molar-refractivity contribution < 1.29 is 5.21 Å². The lowest BCUT2D eigenvalue weighted by Crippen LogP contribution is -2.33. The molecule has 0 amide bonds. The zero-order valence-electron chi connectivity index (χ0n) is 3.97. The molecule has 0 unspecified atom stereocenters. The average Bonchev–Trinajstić information content (AvgIpc) is 1.87. The fourth-order valence-electron chi connectivity index (χ4n) is 0.393. The molecule has 0 spiro atoms. The molecular weight excluding hydrogens is 94.1 g/mol. The van der Waals surface area contributed by atoms with Crippen LogP contribution in [-0.2, 0) is 0 Å². The molecule has 0 aromatic heterocycles. The summed E-state index contributed by atoms with van der Waals surface area (Å²) in [7, 11) is 0. The van der Waals surface area contributed by atoms with E-state index in [9.17, 15) is 0 Å². The first-order chi connectivity index (χ1) is 3.29. The summed E-state index contributed by atoms with van der Waals surface area (Å²) in [4.78, 5) is 0. The highest BCUT2D eigenvalue weighted by Gasteiger charge is 2.00. The van der Waals surface area contributed by atoms with Gasteiger partial charge < -0.3 is 5.43 Å². The number of hydrazine groups is 2. The molecule has 0 aliphatic carbocycles. The van der Waals surface area contributed by atoms with Crippen LogP contribution in [0.3, 0.4) is 0 Å². The summed E-state index contributed by atoms with van der Waals surface area (Å²) < 4.78 is 0. The molecule has 7 heavy (non-hydrogen) atoms. The Labute approximate surface area is 41.3 Å². The molecule has 0 atom stereocenters. The Morgan fingerprint density at radius 1 is 1.86 bits per heavy atom. The highest BCUT2D eigenvalue weighted by molar-refractivity contribution is 4.94. The minimum absolute atomic E-state index is 0.856. The molecule has 1 aliphatic heterocycles. The van der Waals surface area contributed by atoms with Gasteiger partial charge in [0.2, 0.25) is 0 Å². The van der Waals surface area contributed by atoms with Crippen LogP contribution >= 0.6 is 0 Å². The Kier molecular flexibility index (Phi) is 0.883. The van der Waals surface area contributed by atoms with Gasteiger partial charge in [-0.05, 0) is 6.92 Å². The Morgan fingerprint density at radius 3 is 2.71 bits per heavy atom. The Balaban J connectivity index is 2.50. The van der Waals surface area contributed by atoms with Gasteiger partial charge in [0.25, 0.3) is 0 Å². The maximum absolute atomic E-state index is 8.48. The predicted octanol–water partition coefficient (Wildman–Crippen LogP) is -0.438. The van der Waals surface area contributed by atoms with Crippen LogP contribution in [0.25, 0.3) is 0 Å². The standard InChI is InChI=1S/C3H7N3O/c1-3-2-6(7)5-4-3/h2,4-5,7H,1H3. The Bertz CT molecular complexity index is 100. The van der Waals surface area contributed by atoms with Crippen LogP contribution < -0.4 is 11.0 Å². The number of hydrogen-bond acceptors (Lipinski definition) is 4. The third-order valence-electron chi connectivity index (χ3n) is 0.684. The number of nitrogens with zero attached hydrogens (tertiary/aromatic N) is 1. The monoisotopic (exact) mass is 101 g/mol. The van der Waals surface area contributed by atoms with Crippen LogP contribution in [0.5, 0.6) is 0 Å². The van der Waals surface area contributed by atoms with Gasteiger partial charge in [0, 0.05) is 5.70 Å². The molecule has 4 heteroatoms. The number of rotatable bonds is 0. The maximum Gasteiger partial charge on any atom is 0.0679 e. The smallest absolute Gasteiger partial charge is 0.0679 e. The van der Waals surface area contributed by atoms with Gasteiger partial charge in [-0.1, -0.05) is 0 Å². The summed E-state index contributed by atoms with van der Waals surface area (Å²) in [6.07, 6.45) is 1.53. The number of allylic oxidation sites excluding steroid dienone is 1. The molecule has 0 aromatic rings. The minimum atomic E-state index is 0.856. The molecule has 3 N–H and O–H groups in total. The molecule has 0 fully saturated rings. The van der Waals surface area contributed by atoms with E-state index in [4.69, 9.17) is 5.21 Å². The highest BCUT2D eigenvalue weighted by atomic mass is 16.5. The summed E-state index contributed by atoms with van der Waals surface area (Å²) in [5, 5.41) is 9.34. The van der Waals surface area contributed by atoms with Crippen molar-refractivity contribution in [3.05, 3.63) is 11.9 Å². The number of nitrogens with one attached hydrogen (secondary N) is 2. The lowest BCUT2D eigenvalue weighted by Gasteiger charge is -2.02. The third kappa shape index (κ3) is 0.819. The van der Waals surface area contributed by atoms with E-state index in [1.807, 2.05) is 6.92 Å². The van der Waals surface area contributed by atoms with Crippen LogP contribution in [0.1, 0.15) is 6.92 Å². The lowest BCUT2D eigenvalue weighted by atomic mass is 10.6. The quantitative estimate of drug-likeness (QED) is 0.387. The lowest BCUT2D eigenvalue weighted by molar-refractivity contribution is -0.0866. The molecule has 1 rings (SSSR count). The van der Waals surface area contributed by atoms with E-state index in [0.717, 1.165) is 10.9 Å². The average molecular weight is 101 g/mol. The maximum atomic E-state index is 8.48. The zero-order chi connectivity index (χ0) is 5.28. The molecular formula is C3H7N3O. The number of hydrogen-bond donors (Lipinski definition) is 3. The zero-order valence-corrected chi connectivity index (χ0v) is 3.97. The normalized spacial score (nSPS) is 19.1. The summed E-state index contributed by atoms with van der Waals surface area (Å²) in [6, 6.07) is 0. The Morgan fingerprint density at radius 2 is 2.57 bits per heavy atom. The van der Waals surface area contributed by atoms with Crippen molar-refractivity contribution in [1.82, 2.24) is 16.1 Å². The van der Waals surface area contributed by atoms with Crippen LogP contribution in [0.4, 0.5) is 0 Å². The van der Waals surface area contributed by atoms with E-state index in [-0.39, 0.29) is 0 Å². The van der Waals surface area contributed by atoms with Gasteiger partial charge in [0.05, 0.1) is 6.20 Å². The number of hydroxylamine groups is 1. The van der Waals surface area contributed by atoms with Gasteiger partial charge in [-0.25, -0.2) is 0 Å². The van der Waals surface area contributed by atoms with Crippen molar-refractivity contribution in [2.75, 3.05) is 0 Å². The van der Waals surface area contributed by atoms with E-state index in [2.05, 4.69) is 11.0 Å². The summed E-state index contributed by atoms with van der Waals surface area (Å²) in [5.41, 5.74) is 5.96. The van der Waals surface area contributed by atoms with Gasteiger partial charge in [-0.3, -0.25) is 5.21 Å². The second-order valence-corrected chi connectivity index (χ2v) is 1.39. The first-order valence-corrected chi connectivity index (χ1v) is 1.97. The molecule has 0 radical (unpaired) electrons. The van der Waals surface area contributed by atoms with Crippen molar-refractivity contribution >= 4 is 0 Å². The summed E-state index contributed by atoms with van der Waals surface area (Å²) >= 11 is 0. The van der Waals surface area contributed by atoms with E-state index in [1.54, 1.807) is 0 Å². The van der Waals surface area contributed by atoms with E-state index in [1.165, 1.54) is 6.20 Å². The highest BCUT2D eigenvalue weighted by Crippen LogP contribution is 1.91. The van der Waals surface area contributed by atoms with E-state index in [0.29, 0.717) is 0 Å². The van der Waals surface area contributed by atoms with Gasteiger partial charge in [0.1, 0.15) is 0 Å². The molecule has 0 bridgehead atoms. The topological polar surface area (TPSA) is 47.5 Å². The minimum Gasteiger partial charge on any atom is -0.305 e. The van der Waals surface area contributed by atoms with Crippen LogP contribution in [0.15, 0.2) is 11.9 Å². The van der Waals surface area contributed by atoms with Crippen molar-refractivity contribution in [2.45, 2.75) is 6.92 Å². The van der Waals surface area contributed by atoms with Gasteiger partial charge in [-0.2, -0.15) is 5.17 Å². The first-order valence-electron chi connectivity index (χ1n) is 1.97. The molecule has 40 valence electrons. The first kappa shape index (κ1) is 4.42. The van der Waals surface area contributed by atoms with E-state index < -0.39 is 0 Å². The van der Waals surface area contributed by atoms with Gasteiger partial charge in [0.15, 0.2) is 0 Å². The van der Waals surface area contributed by atoms with Crippen LogP contribution in [-0.4, -0.2) is 10.4 Å². The third-order valence-corrected chi connectivity index (χ3v) is 0.684. The summed E-state index contributed by atoms with van der Waals surface area (Å²) in [6.45, 7) is 1.84. The van der Waals surface area contributed by atoms with Crippen molar-refractivity contribution in [1.29, 1.82) is 0 Å². The fraction of sp³-hybridized carbons (Fsp3) is 0.333. The largest absolute Gasteiger partial charge is 0.305 e. The Hall–Kier alpha value is -0.740. The van der Waals surface area contributed by atoms with Crippen molar-refractivity contribution in [2.24, 2.45) is 0 Å². The molecule has 1 aliphatic rings. The molecule has 1 heterocycles. The van der Waals surface area contributed by atoms with Gasteiger partial charge in [-0.15, -0.1) is 5.53 Å². The van der Waals surface area contributed by atoms with Crippen molar-refractivity contribution in [3.63, 3.8) is 0 Å². The second-order valence-electron chi connectivity index (χ2n) is 1.39. The van der Waals surface area contributed by atoms with E-state index >= 15 is 0 Å². The molecule has 0 saturated carbocycles. The molecule has 0 aromatic carbocycles.